The lowest BCUT2D eigenvalue weighted by molar-refractivity contribution is 0.130. The van der Waals surface area contributed by atoms with E-state index in [1.165, 1.54) is 55.6 Å². The van der Waals surface area contributed by atoms with Crippen molar-refractivity contribution >= 4 is 11.8 Å². The maximum Gasteiger partial charge on any atom is 0.120 e. The Bertz CT molecular complexity index is 2480. The van der Waals surface area contributed by atoms with Gasteiger partial charge < -0.3 is 9.47 Å². The molecular weight excluding hydrogens is 833 g/mol. The zero-order valence-electron chi connectivity index (χ0n) is 40.3. The summed E-state index contributed by atoms with van der Waals surface area (Å²) in [5.41, 5.74) is 12.3. The van der Waals surface area contributed by atoms with Crippen molar-refractivity contribution in [2.45, 2.75) is 101 Å². The summed E-state index contributed by atoms with van der Waals surface area (Å²) in [6.45, 7) is 12.8. The quantitative estimate of drug-likeness (QED) is 0.0855. The molecule has 340 valence electrons. The Morgan fingerprint density at radius 1 is 0.313 bits per heavy atom. The molecule has 0 N–H and O–H groups in total. The van der Waals surface area contributed by atoms with Crippen molar-refractivity contribution in [1.82, 2.24) is 0 Å². The van der Waals surface area contributed by atoms with Crippen LogP contribution in [-0.4, -0.2) is 11.2 Å². The van der Waals surface area contributed by atoms with Crippen LogP contribution in [0.15, 0.2) is 218 Å². The van der Waals surface area contributed by atoms with E-state index >= 15 is 0 Å². The fourth-order valence-corrected chi connectivity index (χ4v) is 11.9. The van der Waals surface area contributed by atoms with Crippen LogP contribution < -0.4 is 9.47 Å². The molecular formula is C64H66O2S. The SMILES string of the molecule is CC(C)(C)Oc1ccc(C(Cc2ccccc2)(Cc2ccccc2)SC(Cc2ccccc2)(Cc2ccccc2)c2ccc(OC(C)(C)C)cc2Cc2ccccc2)c(Cc2ccccc2)c1. The molecule has 0 aromatic heterocycles. The third-order valence-corrected chi connectivity index (χ3v) is 14.0. The van der Waals surface area contributed by atoms with E-state index in [9.17, 15) is 0 Å². The van der Waals surface area contributed by atoms with Crippen molar-refractivity contribution < 1.29 is 9.47 Å². The maximum atomic E-state index is 6.71. The van der Waals surface area contributed by atoms with Gasteiger partial charge in [0, 0.05) is 0 Å². The molecule has 0 bridgehead atoms. The number of ether oxygens (including phenoxy) is 2. The summed E-state index contributed by atoms with van der Waals surface area (Å²) in [6, 6.07) is 80.6. The number of benzene rings is 8. The van der Waals surface area contributed by atoms with Crippen LogP contribution in [0.1, 0.15) is 97.2 Å². The largest absolute Gasteiger partial charge is 0.488 e. The van der Waals surface area contributed by atoms with Gasteiger partial charge in [0.25, 0.3) is 0 Å². The topological polar surface area (TPSA) is 18.5 Å². The zero-order valence-corrected chi connectivity index (χ0v) is 41.1. The first-order chi connectivity index (χ1) is 32.3. The van der Waals surface area contributed by atoms with E-state index in [1.54, 1.807) is 0 Å². The lowest BCUT2D eigenvalue weighted by Gasteiger charge is -2.46. The minimum absolute atomic E-state index is 0.357. The molecule has 67 heavy (non-hydrogen) atoms. The average Bonchev–Trinajstić information content (AvgIpc) is 3.30. The number of hydrogen-bond acceptors (Lipinski definition) is 3. The van der Waals surface area contributed by atoms with Gasteiger partial charge in [-0.3, -0.25) is 0 Å². The number of hydrogen-bond donors (Lipinski definition) is 0. The van der Waals surface area contributed by atoms with Gasteiger partial charge in [-0.25, -0.2) is 0 Å². The third kappa shape index (κ3) is 13.0. The van der Waals surface area contributed by atoms with Crippen molar-refractivity contribution in [2.24, 2.45) is 0 Å². The monoisotopic (exact) mass is 898 g/mol. The molecule has 0 radical (unpaired) electrons. The van der Waals surface area contributed by atoms with E-state index in [1.807, 2.05) is 0 Å². The van der Waals surface area contributed by atoms with Gasteiger partial charge in [0.2, 0.25) is 0 Å². The van der Waals surface area contributed by atoms with Crippen LogP contribution in [0.5, 0.6) is 11.5 Å². The Morgan fingerprint density at radius 2 is 0.567 bits per heavy atom. The molecule has 0 unspecified atom stereocenters. The molecule has 0 saturated carbocycles. The highest BCUT2D eigenvalue weighted by atomic mass is 32.2. The Balaban J connectivity index is 1.47. The summed E-state index contributed by atoms with van der Waals surface area (Å²) < 4.78 is 12.4. The van der Waals surface area contributed by atoms with E-state index in [-0.39, 0.29) is 11.2 Å². The van der Waals surface area contributed by atoms with Crippen LogP contribution in [0, 0.1) is 0 Å². The van der Waals surface area contributed by atoms with Gasteiger partial charge in [0.15, 0.2) is 0 Å². The number of thioether (sulfide) groups is 1. The molecule has 8 aromatic carbocycles. The fraction of sp³-hybridized carbons (Fsp3) is 0.250. The summed E-state index contributed by atoms with van der Waals surface area (Å²) in [4.78, 5) is 0. The summed E-state index contributed by atoms with van der Waals surface area (Å²) in [5.74, 6) is 1.78. The molecule has 0 spiro atoms. The molecule has 8 aromatic rings. The summed E-state index contributed by atoms with van der Waals surface area (Å²) in [7, 11) is 0. The Morgan fingerprint density at radius 3 is 0.821 bits per heavy atom. The van der Waals surface area contributed by atoms with E-state index in [0.29, 0.717) is 0 Å². The molecule has 3 heteroatoms. The minimum Gasteiger partial charge on any atom is -0.488 e. The van der Waals surface area contributed by atoms with Gasteiger partial charge in [0.05, 0.1) is 9.49 Å². The zero-order chi connectivity index (χ0) is 46.7. The van der Waals surface area contributed by atoms with Crippen LogP contribution in [0.3, 0.4) is 0 Å². The predicted molar refractivity (Wildman–Crippen MR) is 284 cm³/mol. The van der Waals surface area contributed by atoms with Crippen LogP contribution >= 0.6 is 11.8 Å². The van der Waals surface area contributed by atoms with Crippen LogP contribution in [0.4, 0.5) is 0 Å². The molecule has 0 atom stereocenters. The maximum absolute atomic E-state index is 6.71. The van der Waals surface area contributed by atoms with E-state index in [2.05, 4.69) is 272 Å². The van der Waals surface area contributed by atoms with Gasteiger partial charge >= 0.3 is 0 Å². The smallest absolute Gasteiger partial charge is 0.120 e. The fourth-order valence-electron chi connectivity index (χ4n) is 9.62. The van der Waals surface area contributed by atoms with E-state index in [0.717, 1.165) is 50.0 Å². The summed E-state index contributed by atoms with van der Waals surface area (Å²) in [5, 5.41) is 0. The molecule has 0 aliphatic carbocycles. The second-order valence-electron chi connectivity index (χ2n) is 20.1. The van der Waals surface area contributed by atoms with Gasteiger partial charge in [-0.2, -0.15) is 0 Å². The van der Waals surface area contributed by atoms with Gasteiger partial charge in [0.1, 0.15) is 22.7 Å². The minimum atomic E-state index is -0.499. The van der Waals surface area contributed by atoms with Crippen molar-refractivity contribution in [3.05, 3.63) is 274 Å². The summed E-state index contributed by atoms with van der Waals surface area (Å²) in [6.07, 6.45) is 4.76. The first kappa shape index (κ1) is 47.2. The van der Waals surface area contributed by atoms with Gasteiger partial charge in [-0.15, -0.1) is 11.8 Å². The highest BCUT2D eigenvalue weighted by Crippen LogP contribution is 2.57. The predicted octanol–water partition coefficient (Wildman–Crippen LogP) is 16.0. The Kier molecular flexibility index (Phi) is 14.9. The van der Waals surface area contributed by atoms with Crippen LogP contribution in [0.2, 0.25) is 0 Å². The molecule has 2 nitrogen and oxygen atoms in total. The standard InChI is InChI=1S/C64H66O2S/c1-61(2,3)65-57-37-39-59(55(43-57)41-49-25-13-7-14-26-49)63(45-51-29-17-9-18-30-51,46-52-31-19-10-20-32-52)67-64(47-53-33-21-11-22-34-53,48-54-35-23-12-24-36-54)60-40-38-58(66-62(4,5)6)44-56(60)42-50-27-15-8-16-28-50/h7-40,43-44H,41-42,45-48H2,1-6H3. The normalized spacial score (nSPS) is 12.1. The molecule has 0 heterocycles. The first-order valence-corrected chi connectivity index (χ1v) is 24.7. The van der Waals surface area contributed by atoms with Gasteiger partial charge in [-0.05, 0) is 160 Å². The Labute approximate surface area is 405 Å². The molecule has 0 aliphatic heterocycles. The summed E-state index contributed by atoms with van der Waals surface area (Å²) >= 11 is 2.18. The van der Waals surface area contributed by atoms with Crippen molar-refractivity contribution in [3.63, 3.8) is 0 Å². The molecule has 0 amide bonds. The second-order valence-corrected chi connectivity index (χ2v) is 21.9. The van der Waals surface area contributed by atoms with Crippen LogP contribution in [-0.2, 0) is 48.0 Å². The molecule has 0 aliphatic rings. The first-order valence-electron chi connectivity index (χ1n) is 23.9. The van der Waals surface area contributed by atoms with Crippen LogP contribution in [0.25, 0.3) is 0 Å². The lowest BCUT2D eigenvalue weighted by atomic mass is 9.80. The highest BCUT2D eigenvalue weighted by molar-refractivity contribution is 8.01. The Hall–Kier alpha value is -6.29. The average molecular weight is 899 g/mol. The third-order valence-electron chi connectivity index (χ3n) is 12.2. The van der Waals surface area contributed by atoms with Crippen molar-refractivity contribution in [3.8, 4) is 11.5 Å². The lowest BCUT2D eigenvalue weighted by Crippen LogP contribution is -2.40. The highest BCUT2D eigenvalue weighted by Gasteiger charge is 2.47. The number of rotatable bonds is 18. The molecule has 8 rings (SSSR count). The van der Waals surface area contributed by atoms with Crippen molar-refractivity contribution in [1.29, 1.82) is 0 Å². The molecule has 0 saturated heterocycles. The van der Waals surface area contributed by atoms with E-state index < -0.39 is 9.49 Å². The van der Waals surface area contributed by atoms with Gasteiger partial charge in [-0.1, -0.05) is 194 Å². The van der Waals surface area contributed by atoms with E-state index in [4.69, 9.17) is 9.47 Å². The van der Waals surface area contributed by atoms with Crippen molar-refractivity contribution in [2.75, 3.05) is 0 Å². The second kappa shape index (κ2) is 21.1. The molecule has 0 fully saturated rings.